The van der Waals surface area contributed by atoms with E-state index >= 15 is 0 Å². The van der Waals surface area contributed by atoms with E-state index in [4.69, 9.17) is 0 Å². The van der Waals surface area contributed by atoms with Crippen LogP contribution in [0.3, 0.4) is 0 Å². The number of rotatable bonds is 7. The van der Waals surface area contributed by atoms with Gasteiger partial charge in [-0.25, -0.2) is 4.98 Å². The molecule has 0 saturated heterocycles. The van der Waals surface area contributed by atoms with Crippen LogP contribution in [0.2, 0.25) is 0 Å². The van der Waals surface area contributed by atoms with Gasteiger partial charge in [-0.05, 0) is 43.9 Å². The Morgan fingerprint density at radius 1 is 1.21 bits per heavy atom. The number of para-hydroxylation sites is 1. The molecule has 0 spiro atoms. The van der Waals surface area contributed by atoms with Crippen LogP contribution >= 0.6 is 11.8 Å². The van der Waals surface area contributed by atoms with Crippen LogP contribution in [0.15, 0.2) is 36.5 Å². The van der Waals surface area contributed by atoms with Crippen molar-refractivity contribution >= 4 is 23.4 Å². The molecule has 0 saturated carbocycles. The average Bonchev–Trinajstić information content (AvgIpc) is 2.76. The summed E-state index contributed by atoms with van der Waals surface area (Å²) in [5, 5.41) is 3.38. The second kappa shape index (κ2) is 7.24. The molecule has 2 aromatic rings. The van der Waals surface area contributed by atoms with Crippen LogP contribution in [-0.2, 0) is 6.54 Å². The molecule has 4 heteroatoms. The van der Waals surface area contributed by atoms with Crippen LogP contribution in [0, 0.1) is 6.92 Å². The summed E-state index contributed by atoms with van der Waals surface area (Å²) < 4.78 is 2.21. The Bertz CT molecular complexity index is 493. The Morgan fingerprint density at radius 3 is 2.74 bits per heavy atom. The molecule has 0 aliphatic carbocycles. The molecule has 0 fully saturated rings. The van der Waals surface area contributed by atoms with E-state index in [9.17, 15) is 0 Å². The lowest BCUT2D eigenvalue weighted by atomic mass is 10.3. The quantitative estimate of drug-likeness (QED) is 0.772. The van der Waals surface area contributed by atoms with Crippen LogP contribution < -0.4 is 5.32 Å². The van der Waals surface area contributed by atoms with Gasteiger partial charge in [0.1, 0.15) is 0 Å². The van der Waals surface area contributed by atoms with Gasteiger partial charge >= 0.3 is 0 Å². The molecule has 0 atom stereocenters. The zero-order valence-electron chi connectivity index (χ0n) is 11.6. The molecule has 1 aromatic heterocycles. The highest BCUT2D eigenvalue weighted by Gasteiger charge is 2.05. The van der Waals surface area contributed by atoms with Crippen LogP contribution in [0.1, 0.15) is 18.5 Å². The molecule has 1 N–H and O–H groups in total. The molecule has 0 aliphatic rings. The van der Waals surface area contributed by atoms with Gasteiger partial charge in [-0.1, -0.05) is 18.2 Å². The summed E-state index contributed by atoms with van der Waals surface area (Å²) in [4.78, 5) is 4.55. The highest BCUT2D eigenvalue weighted by atomic mass is 32.2. The van der Waals surface area contributed by atoms with Crippen molar-refractivity contribution in [2.45, 2.75) is 26.3 Å². The molecule has 0 bridgehead atoms. The van der Waals surface area contributed by atoms with Gasteiger partial charge in [0, 0.05) is 18.4 Å². The minimum absolute atomic E-state index is 0.938. The number of nitrogens with one attached hydrogen (secondary N) is 1. The Labute approximate surface area is 119 Å². The lowest BCUT2D eigenvalue weighted by Gasteiger charge is -2.09. The van der Waals surface area contributed by atoms with Crippen molar-refractivity contribution < 1.29 is 0 Å². The molecular formula is C15H21N3S. The standard InChI is InChI=1S/C15H21N3S/c1-13-12-18(10-6-7-11-19-2)15(16-13)17-14-8-4-3-5-9-14/h3-5,8-9,12H,6-7,10-11H2,1-2H3,(H,16,17). The third-order valence-electron chi connectivity index (χ3n) is 2.92. The second-order valence-corrected chi connectivity index (χ2v) is 5.58. The van der Waals surface area contributed by atoms with Gasteiger partial charge in [-0.3, -0.25) is 0 Å². The molecule has 0 amide bonds. The first kappa shape index (κ1) is 14.0. The Morgan fingerprint density at radius 2 is 2.00 bits per heavy atom. The first-order valence-electron chi connectivity index (χ1n) is 6.64. The van der Waals surface area contributed by atoms with Crippen LogP contribution in [-0.4, -0.2) is 21.6 Å². The highest BCUT2D eigenvalue weighted by molar-refractivity contribution is 7.98. The first-order chi connectivity index (χ1) is 9.29. The van der Waals surface area contributed by atoms with Crippen molar-refractivity contribution in [1.29, 1.82) is 0 Å². The van der Waals surface area contributed by atoms with Gasteiger partial charge in [0.15, 0.2) is 0 Å². The van der Waals surface area contributed by atoms with Gasteiger partial charge < -0.3 is 9.88 Å². The molecular weight excluding hydrogens is 254 g/mol. The summed E-state index contributed by atoms with van der Waals surface area (Å²) in [7, 11) is 0. The van der Waals surface area contributed by atoms with Gasteiger partial charge in [0.05, 0.1) is 5.69 Å². The van der Waals surface area contributed by atoms with E-state index in [0.717, 1.165) is 23.9 Å². The van der Waals surface area contributed by atoms with Crippen LogP contribution in [0.5, 0.6) is 0 Å². The normalized spacial score (nSPS) is 10.6. The monoisotopic (exact) mass is 275 g/mol. The number of hydrogen-bond acceptors (Lipinski definition) is 3. The maximum absolute atomic E-state index is 4.55. The number of anilines is 2. The van der Waals surface area contributed by atoms with E-state index in [2.05, 4.69) is 39.5 Å². The van der Waals surface area contributed by atoms with E-state index in [0.29, 0.717) is 0 Å². The highest BCUT2D eigenvalue weighted by Crippen LogP contribution is 2.16. The van der Waals surface area contributed by atoms with E-state index in [1.807, 2.05) is 36.9 Å². The number of aromatic nitrogens is 2. The largest absolute Gasteiger partial charge is 0.326 e. The fourth-order valence-electron chi connectivity index (χ4n) is 2.00. The predicted molar refractivity (Wildman–Crippen MR) is 84.3 cm³/mol. The molecule has 0 unspecified atom stereocenters. The van der Waals surface area contributed by atoms with Gasteiger partial charge in [0.2, 0.25) is 5.95 Å². The second-order valence-electron chi connectivity index (χ2n) is 4.59. The number of benzene rings is 1. The lowest BCUT2D eigenvalue weighted by molar-refractivity contribution is 0.641. The van der Waals surface area contributed by atoms with Crippen LogP contribution in [0.4, 0.5) is 11.6 Å². The Balaban J connectivity index is 2.00. The molecule has 1 heterocycles. The topological polar surface area (TPSA) is 29.9 Å². The molecule has 2 rings (SSSR count). The molecule has 3 nitrogen and oxygen atoms in total. The number of unbranched alkanes of at least 4 members (excludes halogenated alkanes) is 1. The maximum Gasteiger partial charge on any atom is 0.207 e. The van der Waals surface area contributed by atoms with Crippen molar-refractivity contribution in [2.75, 3.05) is 17.3 Å². The predicted octanol–water partition coefficient (Wildman–Crippen LogP) is 4.08. The summed E-state index contributed by atoms with van der Waals surface area (Å²) in [5.41, 5.74) is 2.14. The van der Waals surface area contributed by atoms with Crippen molar-refractivity contribution in [3.63, 3.8) is 0 Å². The third-order valence-corrected chi connectivity index (χ3v) is 3.62. The number of aryl methyl sites for hydroxylation is 2. The zero-order valence-corrected chi connectivity index (χ0v) is 12.4. The summed E-state index contributed by atoms with van der Waals surface area (Å²) in [6.45, 7) is 3.06. The number of nitrogens with zero attached hydrogens (tertiary/aromatic N) is 2. The van der Waals surface area contributed by atoms with Crippen LogP contribution in [0.25, 0.3) is 0 Å². The molecule has 0 radical (unpaired) electrons. The number of thioether (sulfide) groups is 1. The van der Waals surface area contributed by atoms with E-state index in [1.54, 1.807) is 0 Å². The molecule has 19 heavy (non-hydrogen) atoms. The number of hydrogen-bond donors (Lipinski definition) is 1. The lowest BCUT2D eigenvalue weighted by Crippen LogP contribution is -2.03. The smallest absolute Gasteiger partial charge is 0.207 e. The molecule has 102 valence electrons. The maximum atomic E-state index is 4.55. The summed E-state index contributed by atoms with van der Waals surface area (Å²) in [6, 6.07) is 10.2. The van der Waals surface area contributed by atoms with E-state index in [1.165, 1.54) is 18.6 Å². The number of imidazole rings is 1. The Hall–Kier alpha value is -1.42. The SMILES string of the molecule is CSCCCCn1cc(C)nc1Nc1ccccc1. The van der Waals surface area contributed by atoms with Gasteiger partial charge in [-0.15, -0.1) is 0 Å². The minimum Gasteiger partial charge on any atom is -0.326 e. The summed E-state index contributed by atoms with van der Waals surface area (Å²) in [5.74, 6) is 2.17. The van der Waals surface area contributed by atoms with Crippen molar-refractivity contribution in [3.05, 3.63) is 42.2 Å². The third kappa shape index (κ3) is 4.31. The van der Waals surface area contributed by atoms with E-state index < -0.39 is 0 Å². The summed E-state index contributed by atoms with van der Waals surface area (Å²) in [6.07, 6.45) is 6.72. The fraction of sp³-hybridized carbons (Fsp3) is 0.400. The average molecular weight is 275 g/mol. The summed E-state index contributed by atoms with van der Waals surface area (Å²) >= 11 is 1.91. The van der Waals surface area contributed by atoms with Gasteiger partial charge in [-0.2, -0.15) is 11.8 Å². The van der Waals surface area contributed by atoms with Gasteiger partial charge in [0.25, 0.3) is 0 Å². The van der Waals surface area contributed by atoms with Crippen molar-refractivity contribution in [3.8, 4) is 0 Å². The zero-order chi connectivity index (χ0) is 13.5. The van der Waals surface area contributed by atoms with Crippen molar-refractivity contribution in [2.24, 2.45) is 0 Å². The minimum atomic E-state index is 0.938. The fourth-order valence-corrected chi connectivity index (χ4v) is 2.49. The van der Waals surface area contributed by atoms with Crippen molar-refractivity contribution in [1.82, 2.24) is 9.55 Å². The van der Waals surface area contributed by atoms with E-state index in [-0.39, 0.29) is 0 Å². The first-order valence-corrected chi connectivity index (χ1v) is 8.04. The Kier molecular flexibility index (Phi) is 5.33. The molecule has 1 aromatic carbocycles. The molecule has 0 aliphatic heterocycles.